The van der Waals surface area contributed by atoms with Crippen LogP contribution in [0.1, 0.15) is 31.2 Å². The third-order valence-corrected chi connectivity index (χ3v) is 4.66. The number of pyridine rings is 1. The van der Waals surface area contributed by atoms with Crippen LogP contribution in [0.4, 0.5) is 8.78 Å². The Kier molecular flexibility index (Phi) is 4.87. The number of sulfone groups is 1. The van der Waals surface area contributed by atoms with E-state index in [1.807, 2.05) is 0 Å². The molecule has 0 unspecified atom stereocenters. The first-order valence-corrected chi connectivity index (χ1v) is 9.37. The van der Waals surface area contributed by atoms with Gasteiger partial charge in [0.2, 0.25) is 11.8 Å². The van der Waals surface area contributed by atoms with Crippen LogP contribution in [0, 0.1) is 0 Å². The number of aromatic nitrogens is 1. The van der Waals surface area contributed by atoms with E-state index in [4.69, 9.17) is 4.74 Å². The van der Waals surface area contributed by atoms with Gasteiger partial charge in [-0.15, -0.1) is 0 Å². The first-order valence-electron chi connectivity index (χ1n) is 6.51. The van der Waals surface area contributed by atoms with Crippen LogP contribution in [-0.2, 0) is 15.6 Å². The lowest BCUT2D eigenvalue weighted by Crippen LogP contribution is -2.31. The zero-order chi connectivity index (χ0) is 15.7. The number of ether oxygens (including phenoxy) is 1. The van der Waals surface area contributed by atoms with Crippen LogP contribution in [0.25, 0.3) is 0 Å². The summed E-state index contributed by atoms with van der Waals surface area (Å²) in [6.07, 6.45) is 2.50. The van der Waals surface area contributed by atoms with Gasteiger partial charge in [0.15, 0.2) is 9.84 Å². The van der Waals surface area contributed by atoms with Crippen molar-refractivity contribution in [2.75, 3.05) is 6.26 Å². The van der Waals surface area contributed by atoms with Crippen LogP contribution in [0.3, 0.4) is 0 Å². The van der Waals surface area contributed by atoms with Crippen LogP contribution < -0.4 is 4.74 Å². The van der Waals surface area contributed by atoms with Crippen molar-refractivity contribution in [3.63, 3.8) is 0 Å². The van der Waals surface area contributed by atoms with E-state index in [0.717, 1.165) is 6.26 Å². The lowest BCUT2D eigenvalue weighted by atomic mass is 9.94. The second kappa shape index (κ2) is 6.16. The van der Waals surface area contributed by atoms with Crippen molar-refractivity contribution >= 4 is 25.8 Å². The van der Waals surface area contributed by atoms with E-state index in [1.165, 1.54) is 6.20 Å². The molecule has 1 saturated carbocycles. The minimum Gasteiger partial charge on any atom is -0.474 e. The smallest absolute Gasteiger partial charge is 0.248 e. The van der Waals surface area contributed by atoms with Gasteiger partial charge in [0.05, 0.1) is 10.2 Å². The van der Waals surface area contributed by atoms with Crippen molar-refractivity contribution in [2.45, 2.75) is 43.5 Å². The second-order valence-corrected chi connectivity index (χ2v) is 8.37. The molecule has 0 aromatic carbocycles. The zero-order valence-corrected chi connectivity index (χ0v) is 13.9. The van der Waals surface area contributed by atoms with Gasteiger partial charge in [-0.1, -0.05) is 0 Å². The standard InChI is InChI=1S/C13H16BrF2NO3S/c1-21(18,19)8-9-6-11(14)12(17-7-9)20-10-2-4-13(15,16)5-3-10/h6-7,10H,2-5,8H2,1H3. The summed E-state index contributed by atoms with van der Waals surface area (Å²) < 4.78 is 54.7. The van der Waals surface area contributed by atoms with Crippen molar-refractivity contribution in [3.05, 3.63) is 22.3 Å². The molecule has 4 nitrogen and oxygen atoms in total. The van der Waals surface area contributed by atoms with Gasteiger partial charge in [0.25, 0.3) is 0 Å². The molecule has 1 fully saturated rings. The normalized spacial score (nSPS) is 19.4. The molecule has 0 atom stereocenters. The minimum absolute atomic E-state index is 0.103. The second-order valence-electron chi connectivity index (χ2n) is 5.37. The molecule has 0 saturated heterocycles. The largest absolute Gasteiger partial charge is 0.474 e. The lowest BCUT2D eigenvalue weighted by molar-refractivity contribution is -0.0589. The molecule has 8 heteroatoms. The third-order valence-electron chi connectivity index (χ3n) is 3.24. The van der Waals surface area contributed by atoms with Crippen LogP contribution >= 0.6 is 15.9 Å². The van der Waals surface area contributed by atoms with Crippen LogP contribution in [0.5, 0.6) is 5.88 Å². The molecule has 1 aromatic heterocycles. The van der Waals surface area contributed by atoms with E-state index in [1.54, 1.807) is 6.07 Å². The number of nitrogens with zero attached hydrogens (tertiary/aromatic N) is 1. The Balaban J connectivity index is 2.02. The number of halogens is 3. The zero-order valence-electron chi connectivity index (χ0n) is 11.5. The van der Waals surface area contributed by atoms with E-state index >= 15 is 0 Å². The monoisotopic (exact) mass is 383 g/mol. The summed E-state index contributed by atoms with van der Waals surface area (Å²) in [5.41, 5.74) is 0.548. The van der Waals surface area contributed by atoms with Gasteiger partial charge in [-0.05, 0) is 40.4 Å². The van der Waals surface area contributed by atoms with E-state index in [0.29, 0.717) is 15.9 Å². The van der Waals surface area contributed by atoms with Crippen LogP contribution in [-0.4, -0.2) is 31.7 Å². The highest BCUT2D eigenvalue weighted by molar-refractivity contribution is 9.10. The Morgan fingerprint density at radius 1 is 1.43 bits per heavy atom. The molecule has 21 heavy (non-hydrogen) atoms. The summed E-state index contributed by atoms with van der Waals surface area (Å²) in [5.74, 6) is -2.39. The topological polar surface area (TPSA) is 56.3 Å². The fourth-order valence-corrected chi connectivity index (χ4v) is 3.48. The van der Waals surface area contributed by atoms with Crippen molar-refractivity contribution < 1.29 is 21.9 Å². The number of hydrogen-bond acceptors (Lipinski definition) is 4. The number of rotatable bonds is 4. The maximum absolute atomic E-state index is 13.1. The summed E-state index contributed by atoms with van der Waals surface area (Å²) in [7, 11) is -3.13. The Bertz CT molecular complexity index is 612. The summed E-state index contributed by atoms with van der Waals surface area (Å²) >= 11 is 3.27. The SMILES string of the molecule is CS(=O)(=O)Cc1cnc(OC2CCC(F)(F)CC2)c(Br)c1. The first kappa shape index (κ1) is 16.6. The van der Waals surface area contributed by atoms with E-state index in [-0.39, 0.29) is 37.5 Å². The quantitative estimate of drug-likeness (QED) is 0.799. The average Bonchev–Trinajstić information content (AvgIpc) is 2.33. The summed E-state index contributed by atoms with van der Waals surface area (Å²) in [4.78, 5) is 4.07. The molecule has 1 aliphatic carbocycles. The molecular formula is C13H16BrF2NO3S. The van der Waals surface area contributed by atoms with Gasteiger partial charge in [-0.25, -0.2) is 22.2 Å². The highest BCUT2D eigenvalue weighted by Crippen LogP contribution is 2.35. The van der Waals surface area contributed by atoms with Crippen molar-refractivity contribution in [1.82, 2.24) is 4.98 Å². The Labute approximate surface area is 131 Å². The molecule has 1 aliphatic rings. The Morgan fingerprint density at radius 2 is 2.05 bits per heavy atom. The molecule has 1 heterocycles. The van der Waals surface area contributed by atoms with Crippen LogP contribution in [0.2, 0.25) is 0 Å². The Morgan fingerprint density at radius 3 is 2.57 bits per heavy atom. The predicted octanol–water partition coefficient (Wildman–Crippen LogP) is 3.35. The molecule has 0 amide bonds. The maximum atomic E-state index is 13.1. The predicted molar refractivity (Wildman–Crippen MR) is 78.3 cm³/mol. The highest BCUT2D eigenvalue weighted by Gasteiger charge is 2.36. The average molecular weight is 384 g/mol. The molecule has 0 radical (unpaired) electrons. The van der Waals surface area contributed by atoms with E-state index in [9.17, 15) is 17.2 Å². The van der Waals surface area contributed by atoms with Crippen molar-refractivity contribution in [1.29, 1.82) is 0 Å². The van der Waals surface area contributed by atoms with Crippen molar-refractivity contribution in [3.8, 4) is 5.88 Å². The number of alkyl halides is 2. The van der Waals surface area contributed by atoms with E-state index in [2.05, 4.69) is 20.9 Å². The third kappa shape index (κ3) is 5.18. The molecule has 0 bridgehead atoms. The summed E-state index contributed by atoms with van der Waals surface area (Å²) in [6, 6.07) is 1.63. The fraction of sp³-hybridized carbons (Fsp3) is 0.615. The van der Waals surface area contributed by atoms with Crippen LogP contribution in [0.15, 0.2) is 16.7 Å². The summed E-state index contributed by atoms with van der Waals surface area (Å²) in [5, 5.41) is 0. The summed E-state index contributed by atoms with van der Waals surface area (Å²) in [6.45, 7) is 0. The van der Waals surface area contributed by atoms with Gasteiger partial charge in [-0.3, -0.25) is 0 Å². The van der Waals surface area contributed by atoms with E-state index < -0.39 is 15.8 Å². The molecule has 0 aliphatic heterocycles. The molecule has 2 rings (SSSR count). The van der Waals surface area contributed by atoms with Gasteiger partial charge in [-0.2, -0.15) is 0 Å². The molecular weight excluding hydrogens is 368 g/mol. The molecule has 1 aromatic rings. The van der Waals surface area contributed by atoms with Crippen molar-refractivity contribution in [2.24, 2.45) is 0 Å². The van der Waals surface area contributed by atoms with Gasteiger partial charge in [0, 0.05) is 25.3 Å². The molecule has 0 N–H and O–H groups in total. The lowest BCUT2D eigenvalue weighted by Gasteiger charge is -2.28. The number of hydrogen-bond donors (Lipinski definition) is 0. The Hall–Kier alpha value is -0.760. The highest BCUT2D eigenvalue weighted by atomic mass is 79.9. The first-order chi connectivity index (χ1) is 9.65. The maximum Gasteiger partial charge on any atom is 0.248 e. The molecule has 118 valence electrons. The minimum atomic E-state index is -3.13. The van der Waals surface area contributed by atoms with Gasteiger partial charge >= 0.3 is 0 Å². The fourth-order valence-electron chi connectivity index (χ4n) is 2.22. The van der Waals surface area contributed by atoms with Gasteiger partial charge in [0.1, 0.15) is 6.10 Å². The van der Waals surface area contributed by atoms with Gasteiger partial charge < -0.3 is 4.74 Å². The molecule has 0 spiro atoms.